The van der Waals surface area contributed by atoms with E-state index in [4.69, 9.17) is 21.1 Å². The molecule has 7 heteroatoms. The zero-order valence-electron chi connectivity index (χ0n) is 15.4. The van der Waals surface area contributed by atoms with Gasteiger partial charge in [0.05, 0.1) is 24.1 Å². The van der Waals surface area contributed by atoms with Gasteiger partial charge >= 0.3 is 0 Å². The molecule has 0 unspecified atom stereocenters. The topological polar surface area (TPSA) is 51.1 Å². The highest BCUT2D eigenvalue weighted by molar-refractivity contribution is 9.10. The molecule has 0 aromatic heterocycles. The van der Waals surface area contributed by atoms with Crippen molar-refractivity contribution < 1.29 is 14.3 Å². The van der Waals surface area contributed by atoms with E-state index in [-0.39, 0.29) is 5.91 Å². The second-order valence-electron chi connectivity index (χ2n) is 5.96. The average Bonchev–Trinajstić information content (AvgIpc) is 2.96. The molecule has 2 aromatic rings. The summed E-state index contributed by atoms with van der Waals surface area (Å²) < 4.78 is 11.8. The minimum atomic E-state index is -0.210. The Labute approximate surface area is 177 Å². The molecular weight excluding hydrogens is 444 g/mol. The van der Waals surface area contributed by atoms with Crippen LogP contribution in [0.1, 0.15) is 12.5 Å². The lowest BCUT2D eigenvalue weighted by atomic mass is 10.1. The first-order chi connectivity index (χ1) is 13.4. The van der Waals surface area contributed by atoms with Gasteiger partial charge in [-0.05, 0) is 55.0 Å². The average molecular weight is 462 g/mol. The number of hydrogen-bond donors (Lipinski definition) is 0. The quantitative estimate of drug-likeness (QED) is 0.423. The van der Waals surface area contributed by atoms with Gasteiger partial charge in [0.1, 0.15) is 6.61 Å². The van der Waals surface area contributed by atoms with Crippen LogP contribution in [0.4, 0.5) is 5.69 Å². The van der Waals surface area contributed by atoms with Crippen molar-refractivity contribution in [2.75, 3.05) is 18.7 Å². The molecule has 1 heterocycles. The van der Waals surface area contributed by atoms with E-state index < -0.39 is 0 Å². The summed E-state index contributed by atoms with van der Waals surface area (Å²) in [6.07, 6.45) is 3.44. The monoisotopic (exact) mass is 460 g/mol. The molecule has 0 aliphatic carbocycles. The second kappa shape index (κ2) is 8.63. The molecule has 0 atom stereocenters. The minimum absolute atomic E-state index is 0.210. The van der Waals surface area contributed by atoms with Crippen molar-refractivity contribution in [2.24, 2.45) is 5.10 Å². The molecule has 144 valence electrons. The lowest BCUT2D eigenvalue weighted by Gasteiger charge is -2.13. The van der Waals surface area contributed by atoms with Crippen LogP contribution >= 0.6 is 27.5 Å². The first kappa shape index (κ1) is 20.2. The smallest absolute Gasteiger partial charge is 0.280 e. The third-order valence-electron chi connectivity index (χ3n) is 4.07. The predicted octanol–water partition coefficient (Wildman–Crippen LogP) is 5.48. The number of anilines is 1. The fourth-order valence-electron chi connectivity index (χ4n) is 2.68. The maximum Gasteiger partial charge on any atom is 0.280 e. The van der Waals surface area contributed by atoms with Crippen molar-refractivity contribution in [3.05, 3.63) is 69.7 Å². The third kappa shape index (κ3) is 4.13. The number of hydrogen-bond acceptors (Lipinski definition) is 4. The number of carbonyl (C=O) groups is 1. The number of carbonyl (C=O) groups excluding carboxylic acids is 1. The minimum Gasteiger partial charge on any atom is -0.493 e. The maximum absolute atomic E-state index is 12.9. The van der Waals surface area contributed by atoms with Crippen molar-refractivity contribution in [3.63, 3.8) is 0 Å². The summed E-state index contributed by atoms with van der Waals surface area (Å²) in [5, 5.41) is 6.35. The number of hydrazone groups is 1. The Morgan fingerprint density at radius 2 is 1.96 bits per heavy atom. The molecule has 1 aliphatic rings. The van der Waals surface area contributed by atoms with Gasteiger partial charge in [0.25, 0.3) is 5.91 Å². The lowest BCUT2D eigenvalue weighted by Crippen LogP contribution is -2.21. The highest BCUT2D eigenvalue weighted by Gasteiger charge is 2.29. The van der Waals surface area contributed by atoms with Crippen molar-refractivity contribution in [1.29, 1.82) is 0 Å². The number of methoxy groups -OCH3 is 1. The molecular formula is C21H18BrClN2O3. The van der Waals surface area contributed by atoms with Crippen LogP contribution in [0.5, 0.6) is 11.5 Å². The van der Waals surface area contributed by atoms with Gasteiger partial charge in [-0.3, -0.25) is 4.79 Å². The van der Waals surface area contributed by atoms with Crippen LogP contribution in [0.15, 0.2) is 64.2 Å². The maximum atomic E-state index is 12.9. The lowest BCUT2D eigenvalue weighted by molar-refractivity contribution is -0.114. The number of benzene rings is 2. The predicted molar refractivity (Wildman–Crippen MR) is 116 cm³/mol. The Balaban J connectivity index is 1.95. The zero-order valence-corrected chi connectivity index (χ0v) is 17.8. The van der Waals surface area contributed by atoms with Crippen molar-refractivity contribution in [3.8, 4) is 11.5 Å². The summed E-state index contributed by atoms with van der Waals surface area (Å²) in [6.45, 7) is 5.81. The van der Waals surface area contributed by atoms with Crippen LogP contribution in [0, 0.1) is 0 Å². The van der Waals surface area contributed by atoms with Gasteiger partial charge in [-0.25, -0.2) is 0 Å². The van der Waals surface area contributed by atoms with Crippen LogP contribution in [0.3, 0.4) is 0 Å². The van der Waals surface area contributed by atoms with Gasteiger partial charge in [-0.2, -0.15) is 10.1 Å². The Hall–Kier alpha value is -2.57. The number of ether oxygens (including phenoxy) is 2. The number of halogens is 2. The molecule has 0 radical (unpaired) electrons. The fourth-order valence-corrected chi connectivity index (χ4v) is 3.24. The van der Waals surface area contributed by atoms with E-state index in [0.717, 1.165) is 10.0 Å². The molecule has 3 rings (SSSR count). The van der Waals surface area contributed by atoms with Crippen LogP contribution in [-0.4, -0.2) is 25.3 Å². The molecule has 0 fully saturated rings. The molecule has 1 aliphatic heterocycles. The Bertz CT molecular complexity index is 984. The Morgan fingerprint density at radius 3 is 2.61 bits per heavy atom. The fraction of sp³-hybridized carbons (Fsp3) is 0.143. The molecule has 0 spiro atoms. The first-order valence-corrected chi connectivity index (χ1v) is 9.60. The van der Waals surface area contributed by atoms with E-state index in [1.54, 1.807) is 62.6 Å². The van der Waals surface area contributed by atoms with Crippen LogP contribution in [0.2, 0.25) is 5.02 Å². The van der Waals surface area contributed by atoms with Crippen LogP contribution in [-0.2, 0) is 4.79 Å². The van der Waals surface area contributed by atoms with Crippen LogP contribution < -0.4 is 14.5 Å². The van der Waals surface area contributed by atoms with Gasteiger partial charge in [-0.1, -0.05) is 40.2 Å². The number of nitrogens with zero attached hydrogens (tertiary/aromatic N) is 2. The number of rotatable bonds is 6. The van der Waals surface area contributed by atoms with E-state index in [9.17, 15) is 4.79 Å². The van der Waals surface area contributed by atoms with Crippen molar-refractivity contribution in [1.82, 2.24) is 0 Å². The normalized spacial score (nSPS) is 15.0. The van der Waals surface area contributed by atoms with Gasteiger partial charge in [0.2, 0.25) is 0 Å². The van der Waals surface area contributed by atoms with Gasteiger partial charge in [0, 0.05) is 9.50 Å². The summed E-state index contributed by atoms with van der Waals surface area (Å²) >= 11 is 9.46. The Morgan fingerprint density at radius 1 is 1.25 bits per heavy atom. The highest BCUT2D eigenvalue weighted by atomic mass is 79.9. The van der Waals surface area contributed by atoms with Gasteiger partial charge in [0.15, 0.2) is 11.5 Å². The summed E-state index contributed by atoms with van der Waals surface area (Å²) in [4.78, 5) is 12.9. The summed E-state index contributed by atoms with van der Waals surface area (Å²) in [7, 11) is 1.57. The van der Waals surface area contributed by atoms with E-state index in [1.807, 2.05) is 0 Å². The molecule has 2 aromatic carbocycles. The molecule has 28 heavy (non-hydrogen) atoms. The first-order valence-electron chi connectivity index (χ1n) is 8.43. The molecule has 5 nitrogen and oxygen atoms in total. The number of amides is 1. The van der Waals surface area contributed by atoms with E-state index in [0.29, 0.717) is 40.1 Å². The van der Waals surface area contributed by atoms with Gasteiger partial charge in [-0.15, -0.1) is 0 Å². The highest BCUT2D eigenvalue weighted by Crippen LogP contribution is 2.35. The van der Waals surface area contributed by atoms with Crippen molar-refractivity contribution >= 4 is 50.9 Å². The van der Waals surface area contributed by atoms with Gasteiger partial charge < -0.3 is 9.47 Å². The van der Waals surface area contributed by atoms with E-state index in [1.165, 1.54) is 5.01 Å². The summed E-state index contributed by atoms with van der Waals surface area (Å²) in [5.74, 6) is 0.937. The summed E-state index contributed by atoms with van der Waals surface area (Å²) in [5.41, 5.74) is 2.55. The molecule has 0 saturated carbocycles. The van der Waals surface area contributed by atoms with Crippen LogP contribution in [0.25, 0.3) is 6.08 Å². The molecule has 0 saturated heterocycles. The zero-order chi connectivity index (χ0) is 20.3. The third-order valence-corrected chi connectivity index (χ3v) is 5.01. The van der Waals surface area contributed by atoms with E-state index in [2.05, 4.69) is 27.6 Å². The molecule has 1 amide bonds. The SMILES string of the molecule is C=CCOc1cc(Br)c(/C=C2\C(=O)N(c3ccc(Cl)cc3)N=C2C)cc1OC. The summed E-state index contributed by atoms with van der Waals surface area (Å²) in [6, 6.07) is 10.6. The standard InChI is InChI=1S/C21H18BrClN2O3/c1-4-9-28-20-12-18(22)14(11-19(20)27-3)10-17-13(2)24-25(21(17)26)16-7-5-15(23)6-8-16/h4-8,10-12H,1,9H2,2-3H3/b17-10-. The molecule has 0 N–H and O–H groups in total. The van der Waals surface area contributed by atoms with E-state index >= 15 is 0 Å². The molecule has 0 bridgehead atoms. The Kier molecular flexibility index (Phi) is 6.21. The largest absolute Gasteiger partial charge is 0.493 e. The van der Waals surface area contributed by atoms with Crippen molar-refractivity contribution in [2.45, 2.75) is 6.92 Å². The second-order valence-corrected chi connectivity index (χ2v) is 7.25.